The topological polar surface area (TPSA) is 26.0 Å². The Hall–Kier alpha value is -2.13. The molecule has 100 valence electrons. The van der Waals surface area contributed by atoms with Crippen LogP contribution in [0.5, 0.6) is 0 Å². The van der Waals surface area contributed by atoms with E-state index in [1.165, 1.54) is 5.56 Å². The Morgan fingerprint density at radius 2 is 1.80 bits per heavy atom. The molecule has 0 amide bonds. The van der Waals surface area contributed by atoms with Crippen molar-refractivity contribution >= 4 is 23.5 Å². The fourth-order valence-corrected chi connectivity index (χ4v) is 2.64. The van der Waals surface area contributed by atoms with E-state index in [-0.39, 0.29) is 0 Å². The zero-order valence-corrected chi connectivity index (χ0v) is 12.3. The van der Waals surface area contributed by atoms with E-state index in [1.807, 2.05) is 31.2 Å². The van der Waals surface area contributed by atoms with E-state index in [4.69, 9.17) is 4.42 Å². The molecule has 0 saturated carbocycles. The molecule has 0 radical (unpaired) electrons. The van der Waals surface area contributed by atoms with Gasteiger partial charge >= 0.3 is 0 Å². The van der Waals surface area contributed by atoms with Crippen LogP contribution in [0.15, 0.2) is 46.2 Å². The maximum atomic E-state index is 5.50. The molecule has 2 nitrogen and oxygen atoms in total. The lowest BCUT2D eigenvalue weighted by atomic mass is 10.1. The Kier molecular flexibility index (Phi) is 3.52. The van der Waals surface area contributed by atoms with Gasteiger partial charge in [0, 0.05) is 10.9 Å². The smallest absolute Gasteiger partial charge is 0.127 e. The molecule has 0 fully saturated rings. The van der Waals surface area contributed by atoms with Gasteiger partial charge in [0.05, 0.1) is 5.69 Å². The number of furan rings is 1. The van der Waals surface area contributed by atoms with Gasteiger partial charge in [-0.25, -0.2) is 4.98 Å². The average molecular weight is 281 g/mol. The van der Waals surface area contributed by atoms with E-state index in [2.05, 4.69) is 41.6 Å². The third kappa shape index (κ3) is 2.89. The van der Waals surface area contributed by atoms with Crippen molar-refractivity contribution in [2.75, 3.05) is 0 Å². The molecule has 0 spiro atoms. The summed E-state index contributed by atoms with van der Waals surface area (Å²) in [4.78, 5) is 4.62. The number of hydrogen-bond acceptors (Lipinski definition) is 3. The Morgan fingerprint density at radius 1 is 1.00 bits per heavy atom. The zero-order valence-electron chi connectivity index (χ0n) is 11.5. The molecule has 2 aromatic heterocycles. The van der Waals surface area contributed by atoms with Gasteiger partial charge in [0.15, 0.2) is 0 Å². The Labute approximate surface area is 122 Å². The number of hydrogen-bond donors (Lipinski definition) is 0. The minimum Gasteiger partial charge on any atom is -0.462 e. The van der Waals surface area contributed by atoms with Crippen LogP contribution in [0.2, 0.25) is 0 Å². The van der Waals surface area contributed by atoms with Crippen LogP contribution in [0, 0.1) is 13.8 Å². The second-order valence-electron chi connectivity index (χ2n) is 4.72. The first-order chi connectivity index (χ1) is 9.70. The van der Waals surface area contributed by atoms with E-state index in [9.17, 15) is 0 Å². The minimum atomic E-state index is 0.856. The van der Waals surface area contributed by atoms with Gasteiger partial charge in [0.2, 0.25) is 0 Å². The Balaban J connectivity index is 1.80. The first-order valence-electron chi connectivity index (χ1n) is 6.48. The second-order valence-corrected chi connectivity index (χ2v) is 5.61. The summed E-state index contributed by atoms with van der Waals surface area (Å²) in [6, 6.07) is 12.3. The summed E-state index contributed by atoms with van der Waals surface area (Å²) in [5.74, 6) is 1.78. The Bertz CT molecular complexity index is 734. The predicted octanol–water partition coefficient (Wildman–Crippen LogP) is 5.19. The third-order valence-electron chi connectivity index (χ3n) is 3.02. The van der Waals surface area contributed by atoms with Gasteiger partial charge in [-0.1, -0.05) is 29.8 Å². The van der Waals surface area contributed by atoms with Gasteiger partial charge in [0.1, 0.15) is 16.5 Å². The number of aromatic nitrogens is 1. The normalized spacial score (nSPS) is 11.3. The van der Waals surface area contributed by atoms with Gasteiger partial charge in [-0.2, -0.15) is 0 Å². The molecule has 0 aliphatic heterocycles. The number of aryl methyl sites for hydroxylation is 2. The van der Waals surface area contributed by atoms with E-state index < -0.39 is 0 Å². The van der Waals surface area contributed by atoms with Crippen LogP contribution in [-0.4, -0.2) is 4.98 Å². The molecule has 2 heterocycles. The minimum absolute atomic E-state index is 0.856. The quantitative estimate of drug-likeness (QED) is 0.660. The molecule has 0 atom stereocenters. The van der Waals surface area contributed by atoms with Gasteiger partial charge in [-0.15, -0.1) is 11.3 Å². The number of nitrogens with zero attached hydrogens (tertiary/aromatic N) is 1. The van der Waals surface area contributed by atoms with Crippen molar-refractivity contribution in [2.24, 2.45) is 0 Å². The van der Waals surface area contributed by atoms with Crippen LogP contribution in [-0.2, 0) is 0 Å². The van der Waals surface area contributed by atoms with E-state index in [1.54, 1.807) is 11.3 Å². The SMILES string of the molecule is Cc1ccc(-c2csc(/C=C/c3ccc(C)o3)n2)cc1. The summed E-state index contributed by atoms with van der Waals surface area (Å²) in [6.07, 6.45) is 3.94. The van der Waals surface area contributed by atoms with Gasteiger partial charge in [-0.3, -0.25) is 0 Å². The maximum Gasteiger partial charge on any atom is 0.127 e. The van der Waals surface area contributed by atoms with Crippen molar-refractivity contribution in [2.45, 2.75) is 13.8 Å². The average Bonchev–Trinajstić information content (AvgIpc) is 3.06. The molecule has 0 saturated heterocycles. The van der Waals surface area contributed by atoms with Crippen LogP contribution in [0.1, 0.15) is 22.1 Å². The fourth-order valence-electron chi connectivity index (χ4n) is 1.92. The summed E-state index contributed by atoms with van der Waals surface area (Å²) in [6.45, 7) is 4.03. The molecule has 0 unspecified atom stereocenters. The summed E-state index contributed by atoms with van der Waals surface area (Å²) in [5.41, 5.74) is 3.43. The van der Waals surface area contributed by atoms with Gasteiger partial charge in [-0.05, 0) is 38.1 Å². The highest BCUT2D eigenvalue weighted by Gasteiger charge is 2.02. The molecule has 0 N–H and O–H groups in total. The molecule has 3 aromatic rings. The summed E-state index contributed by atoms with van der Waals surface area (Å²) in [7, 11) is 0. The van der Waals surface area contributed by atoms with Crippen molar-refractivity contribution in [1.82, 2.24) is 4.98 Å². The van der Waals surface area contributed by atoms with Crippen molar-refractivity contribution in [3.63, 3.8) is 0 Å². The zero-order chi connectivity index (χ0) is 13.9. The van der Waals surface area contributed by atoms with Crippen molar-refractivity contribution < 1.29 is 4.42 Å². The van der Waals surface area contributed by atoms with Crippen LogP contribution in [0.3, 0.4) is 0 Å². The van der Waals surface area contributed by atoms with Gasteiger partial charge < -0.3 is 4.42 Å². The Morgan fingerprint density at radius 3 is 2.50 bits per heavy atom. The molecule has 3 heteroatoms. The molecular formula is C17H15NOS. The molecule has 0 aliphatic carbocycles. The van der Waals surface area contributed by atoms with Crippen molar-refractivity contribution in [3.8, 4) is 11.3 Å². The second kappa shape index (κ2) is 5.47. The molecule has 20 heavy (non-hydrogen) atoms. The monoisotopic (exact) mass is 281 g/mol. The molecule has 3 rings (SSSR count). The summed E-state index contributed by atoms with van der Waals surface area (Å²) in [5, 5.41) is 3.06. The largest absolute Gasteiger partial charge is 0.462 e. The number of thiazole rings is 1. The van der Waals surface area contributed by atoms with E-state index >= 15 is 0 Å². The molecule has 0 bridgehead atoms. The lowest BCUT2D eigenvalue weighted by Crippen LogP contribution is -1.78. The van der Waals surface area contributed by atoms with Crippen LogP contribution in [0.4, 0.5) is 0 Å². The standard InChI is InChI=1S/C17H15NOS/c1-12-3-6-14(7-4-12)16-11-20-17(18-16)10-9-15-8-5-13(2)19-15/h3-11H,1-2H3/b10-9+. The highest BCUT2D eigenvalue weighted by atomic mass is 32.1. The lowest BCUT2D eigenvalue weighted by Gasteiger charge is -1.96. The fraction of sp³-hybridized carbons (Fsp3) is 0.118. The lowest BCUT2D eigenvalue weighted by molar-refractivity contribution is 0.525. The summed E-state index contributed by atoms with van der Waals surface area (Å²) < 4.78 is 5.50. The third-order valence-corrected chi connectivity index (χ3v) is 3.83. The highest BCUT2D eigenvalue weighted by Crippen LogP contribution is 2.23. The first-order valence-corrected chi connectivity index (χ1v) is 7.36. The van der Waals surface area contributed by atoms with Gasteiger partial charge in [0.25, 0.3) is 0 Å². The maximum absolute atomic E-state index is 5.50. The van der Waals surface area contributed by atoms with Crippen LogP contribution < -0.4 is 0 Å². The number of rotatable bonds is 3. The number of benzene rings is 1. The highest BCUT2D eigenvalue weighted by molar-refractivity contribution is 7.10. The van der Waals surface area contributed by atoms with E-state index in [0.717, 1.165) is 27.8 Å². The molecule has 0 aliphatic rings. The summed E-state index contributed by atoms with van der Waals surface area (Å²) >= 11 is 1.64. The van der Waals surface area contributed by atoms with Crippen molar-refractivity contribution in [3.05, 3.63) is 63.9 Å². The predicted molar refractivity (Wildman–Crippen MR) is 84.7 cm³/mol. The van der Waals surface area contributed by atoms with E-state index in [0.29, 0.717) is 0 Å². The van der Waals surface area contributed by atoms with Crippen molar-refractivity contribution in [1.29, 1.82) is 0 Å². The van der Waals surface area contributed by atoms with Crippen LogP contribution >= 0.6 is 11.3 Å². The molecular weight excluding hydrogens is 266 g/mol. The molecule has 1 aromatic carbocycles. The van der Waals surface area contributed by atoms with Crippen LogP contribution in [0.25, 0.3) is 23.4 Å². The first kappa shape index (κ1) is 12.9.